The number of hydrogen-bond acceptors (Lipinski definition) is 5. The second kappa shape index (κ2) is 12.4. The maximum atomic E-state index is 12.9. The van der Waals surface area contributed by atoms with Crippen molar-refractivity contribution in [1.82, 2.24) is 5.43 Å². The summed E-state index contributed by atoms with van der Waals surface area (Å²) in [5.41, 5.74) is 4.70. The minimum absolute atomic E-state index is 0.000470. The van der Waals surface area contributed by atoms with Gasteiger partial charge in [0.25, 0.3) is 5.91 Å². The molecule has 1 amide bonds. The van der Waals surface area contributed by atoms with Crippen LogP contribution >= 0.6 is 34.2 Å². The number of amides is 1. The Hall–Kier alpha value is -2.85. The Kier molecular flexibility index (Phi) is 9.32. The molecule has 0 aromatic heterocycles. The van der Waals surface area contributed by atoms with Gasteiger partial charge in [0.2, 0.25) is 0 Å². The maximum Gasteiger partial charge on any atom is 0.259 e. The van der Waals surface area contributed by atoms with Crippen molar-refractivity contribution in [2.75, 3.05) is 18.5 Å². The van der Waals surface area contributed by atoms with Crippen LogP contribution in [0, 0.1) is 9.39 Å². The molecule has 0 atom stereocenters. The molecule has 0 aliphatic carbocycles. The molecule has 6 nitrogen and oxygen atoms in total. The van der Waals surface area contributed by atoms with Crippen molar-refractivity contribution >= 4 is 52.0 Å². The summed E-state index contributed by atoms with van der Waals surface area (Å²) >= 11 is 8.38. The van der Waals surface area contributed by atoms with Crippen molar-refractivity contribution in [3.05, 3.63) is 86.2 Å². The van der Waals surface area contributed by atoms with Crippen LogP contribution in [0.4, 0.5) is 10.1 Å². The highest BCUT2D eigenvalue weighted by molar-refractivity contribution is 14.1. The van der Waals surface area contributed by atoms with Crippen LogP contribution in [0.15, 0.2) is 65.8 Å². The van der Waals surface area contributed by atoms with E-state index >= 15 is 0 Å². The van der Waals surface area contributed by atoms with Gasteiger partial charge in [0.15, 0.2) is 11.5 Å². The third kappa shape index (κ3) is 7.61. The molecule has 3 aromatic rings. The van der Waals surface area contributed by atoms with E-state index in [2.05, 4.69) is 38.4 Å². The largest absolute Gasteiger partial charge is 0.490 e. The standard InChI is InChI=1S/C24H22ClFIN3O3/c1-2-32-22-12-16(11-21(27)24(22)33-15-17-5-3-4-6-20(17)25)13-29-30-23(31)14-28-19-9-7-18(26)8-10-19/h3-13,28H,2,14-15H2,1H3,(H,30,31)/b29-13-. The number of hydrazone groups is 1. The van der Waals surface area contributed by atoms with E-state index in [0.717, 1.165) is 14.7 Å². The van der Waals surface area contributed by atoms with Crippen LogP contribution < -0.4 is 20.2 Å². The second-order valence-corrected chi connectivity index (χ2v) is 8.37. The number of nitrogens with one attached hydrogen (secondary N) is 2. The number of anilines is 1. The maximum absolute atomic E-state index is 12.9. The highest BCUT2D eigenvalue weighted by atomic mass is 127. The van der Waals surface area contributed by atoms with Crippen LogP contribution in [0.25, 0.3) is 0 Å². The average Bonchev–Trinajstić information content (AvgIpc) is 2.79. The van der Waals surface area contributed by atoms with Gasteiger partial charge >= 0.3 is 0 Å². The summed E-state index contributed by atoms with van der Waals surface area (Å²) in [6.07, 6.45) is 1.53. The van der Waals surface area contributed by atoms with Gasteiger partial charge in [-0.3, -0.25) is 4.79 Å². The number of ether oxygens (including phenoxy) is 2. The fourth-order valence-corrected chi connectivity index (χ4v) is 3.77. The van der Waals surface area contributed by atoms with Crippen LogP contribution in [0.2, 0.25) is 5.02 Å². The van der Waals surface area contributed by atoms with Gasteiger partial charge in [-0.15, -0.1) is 0 Å². The fourth-order valence-electron chi connectivity index (χ4n) is 2.80. The first-order valence-electron chi connectivity index (χ1n) is 10.1. The Morgan fingerprint density at radius 3 is 2.64 bits per heavy atom. The highest BCUT2D eigenvalue weighted by Gasteiger charge is 2.13. The fraction of sp³-hybridized carbons (Fsp3) is 0.167. The number of hydrogen-bond donors (Lipinski definition) is 2. The highest BCUT2D eigenvalue weighted by Crippen LogP contribution is 2.35. The normalized spacial score (nSPS) is 10.8. The van der Waals surface area contributed by atoms with Crippen LogP contribution in [-0.2, 0) is 11.4 Å². The van der Waals surface area contributed by atoms with Crippen molar-refractivity contribution < 1.29 is 18.7 Å². The Balaban J connectivity index is 1.61. The average molecular weight is 582 g/mol. The van der Waals surface area contributed by atoms with Crippen LogP contribution in [0.5, 0.6) is 11.5 Å². The van der Waals surface area contributed by atoms with Crippen molar-refractivity contribution in [3.63, 3.8) is 0 Å². The molecular formula is C24H22ClFIN3O3. The first-order valence-corrected chi connectivity index (χ1v) is 11.6. The van der Waals surface area contributed by atoms with E-state index < -0.39 is 0 Å². The zero-order valence-corrected chi connectivity index (χ0v) is 20.7. The lowest BCUT2D eigenvalue weighted by Crippen LogP contribution is -2.25. The van der Waals surface area contributed by atoms with E-state index in [1.54, 1.807) is 18.2 Å². The number of benzene rings is 3. The van der Waals surface area contributed by atoms with Gasteiger partial charge in [-0.25, -0.2) is 9.82 Å². The molecule has 0 saturated carbocycles. The molecule has 0 aliphatic rings. The summed E-state index contributed by atoms with van der Waals surface area (Å²) in [7, 11) is 0. The molecule has 0 fully saturated rings. The molecule has 3 rings (SSSR count). The first kappa shape index (κ1) is 24.8. The van der Waals surface area contributed by atoms with Gasteiger partial charge in [0.05, 0.1) is 22.9 Å². The zero-order chi connectivity index (χ0) is 23.6. The number of nitrogens with zero attached hydrogens (tertiary/aromatic N) is 1. The van der Waals surface area contributed by atoms with Gasteiger partial charge in [-0.2, -0.15) is 5.10 Å². The lowest BCUT2D eigenvalue weighted by Gasteiger charge is -2.15. The SMILES string of the molecule is CCOc1cc(/C=N\NC(=O)CNc2ccc(F)cc2)cc(I)c1OCc1ccccc1Cl. The lowest BCUT2D eigenvalue weighted by atomic mass is 10.2. The molecule has 9 heteroatoms. The van der Waals surface area contributed by atoms with E-state index in [1.807, 2.05) is 37.3 Å². The van der Waals surface area contributed by atoms with E-state index in [1.165, 1.54) is 18.3 Å². The quantitative estimate of drug-likeness (QED) is 0.185. The van der Waals surface area contributed by atoms with E-state index in [-0.39, 0.29) is 18.3 Å². The van der Waals surface area contributed by atoms with Gasteiger partial charge < -0.3 is 14.8 Å². The van der Waals surface area contributed by atoms with Crippen LogP contribution in [0.1, 0.15) is 18.1 Å². The minimum atomic E-state index is -0.338. The summed E-state index contributed by atoms with van der Waals surface area (Å²) in [5.74, 6) is 0.509. The molecule has 0 heterocycles. The third-order valence-corrected chi connectivity index (χ3v) is 5.53. The minimum Gasteiger partial charge on any atom is -0.490 e. The van der Waals surface area contributed by atoms with Gasteiger partial charge in [0, 0.05) is 16.3 Å². The van der Waals surface area contributed by atoms with Crippen LogP contribution in [0.3, 0.4) is 0 Å². The molecule has 2 N–H and O–H groups in total. The summed E-state index contributed by atoms with van der Waals surface area (Å²) in [5, 5.41) is 7.54. The van der Waals surface area contributed by atoms with Crippen molar-refractivity contribution in [3.8, 4) is 11.5 Å². The van der Waals surface area contributed by atoms with Crippen LogP contribution in [-0.4, -0.2) is 25.3 Å². The zero-order valence-electron chi connectivity index (χ0n) is 17.8. The topological polar surface area (TPSA) is 72.0 Å². The molecule has 33 heavy (non-hydrogen) atoms. The number of rotatable bonds is 10. The van der Waals surface area contributed by atoms with Gasteiger partial charge in [-0.1, -0.05) is 29.8 Å². The van der Waals surface area contributed by atoms with E-state index in [4.69, 9.17) is 21.1 Å². The summed E-state index contributed by atoms with van der Waals surface area (Å²) < 4.78 is 25.5. The summed E-state index contributed by atoms with van der Waals surface area (Å²) in [6, 6.07) is 16.9. The molecule has 3 aromatic carbocycles. The van der Waals surface area contributed by atoms with Crippen molar-refractivity contribution in [2.45, 2.75) is 13.5 Å². The molecule has 0 radical (unpaired) electrons. The predicted octanol–water partition coefficient (Wildman–Crippen LogP) is 5.62. The Labute approximate surface area is 210 Å². The lowest BCUT2D eigenvalue weighted by molar-refractivity contribution is -0.119. The van der Waals surface area contributed by atoms with E-state index in [9.17, 15) is 9.18 Å². The van der Waals surface area contributed by atoms with Gasteiger partial charge in [-0.05, 0) is 77.5 Å². The number of carbonyl (C=O) groups excluding carboxylic acids is 1. The smallest absolute Gasteiger partial charge is 0.259 e. The Bertz CT molecular complexity index is 1130. The molecule has 0 spiro atoms. The predicted molar refractivity (Wildman–Crippen MR) is 137 cm³/mol. The first-order chi connectivity index (χ1) is 16.0. The van der Waals surface area contributed by atoms with Crippen molar-refractivity contribution in [1.29, 1.82) is 0 Å². The molecule has 0 saturated heterocycles. The summed E-state index contributed by atoms with van der Waals surface area (Å²) in [4.78, 5) is 12.0. The second-order valence-electron chi connectivity index (χ2n) is 6.80. The number of carbonyl (C=O) groups is 1. The molecule has 0 unspecified atom stereocenters. The van der Waals surface area contributed by atoms with E-state index in [0.29, 0.717) is 35.4 Å². The molecule has 172 valence electrons. The van der Waals surface area contributed by atoms with Gasteiger partial charge in [0.1, 0.15) is 12.4 Å². The number of halogens is 3. The molecule has 0 aliphatic heterocycles. The molecule has 0 bridgehead atoms. The summed E-state index contributed by atoms with van der Waals surface area (Å²) in [6.45, 7) is 2.66. The molecular weight excluding hydrogens is 560 g/mol. The van der Waals surface area contributed by atoms with Crippen molar-refractivity contribution in [2.24, 2.45) is 5.10 Å². The monoisotopic (exact) mass is 581 g/mol. The third-order valence-electron chi connectivity index (χ3n) is 4.36. The Morgan fingerprint density at radius 2 is 1.91 bits per heavy atom. The Morgan fingerprint density at radius 1 is 1.15 bits per heavy atom.